The maximum Gasteiger partial charge on any atom is 0.0708 e. The summed E-state index contributed by atoms with van der Waals surface area (Å²) in [5.41, 5.74) is 7.08. The van der Waals surface area contributed by atoms with E-state index in [1.165, 1.54) is 53.2 Å². The molecule has 0 N–H and O–H groups in total. The van der Waals surface area contributed by atoms with Gasteiger partial charge in [-0.05, 0) is 63.4 Å². The number of thiophene rings is 1. The van der Waals surface area contributed by atoms with E-state index in [-0.39, 0.29) is 0 Å². The third kappa shape index (κ3) is 3.51. The first-order chi connectivity index (χ1) is 17.3. The lowest BCUT2D eigenvalue weighted by atomic mass is 9.97. The second-order valence-electron chi connectivity index (χ2n) is 8.85. The average Bonchev–Trinajstić information content (AvgIpc) is 3.30. The number of rotatable bonds is 3. The van der Waals surface area contributed by atoms with Gasteiger partial charge in [-0.25, -0.2) is 0 Å². The number of benzene rings is 5. The van der Waals surface area contributed by atoms with Gasteiger partial charge in [0.1, 0.15) is 0 Å². The van der Waals surface area contributed by atoms with Crippen molar-refractivity contribution in [2.75, 3.05) is 0 Å². The zero-order valence-electron chi connectivity index (χ0n) is 19.0. The van der Waals surface area contributed by atoms with Gasteiger partial charge in [-0.1, -0.05) is 91.0 Å². The minimum absolute atomic E-state index is 1.000. The molecule has 5 aromatic carbocycles. The summed E-state index contributed by atoms with van der Waals surface area (Å²) < 4.78 is 2.62. The van der Waals surface area contributed by atoms with Gasteiger partial charge in [0, 0.05) is 31.9 Å². The van der Waals surface area contributed by atoms with Gasteiger partial charge in [-0.3, -0.25) is 4.98 Å². The molecule has 35 heavy (non-hydrogen) atoms. The molecule has 164 valence electrons. The van der Waals surface area contributed by atoms with Crippen LogP contribution in [0.3, 0.4) is 0 Å². The standard InChI is InChI=1S/C33H21NS/c1-2-7-22(8-3-1)24-17-18-34-31(20-24)26-14-16-32-30(19-26)29-15-13-25(21-33(29)35-32)28-12-6-10-23-9-4-5-11-27(23)28/h1-21H. The first kappa shape index (κ1) is 20.1. The largest absolute Gasteiger partial charge is 0.256 e. The Balaban J connectivity index is 1.34. The van der Waals surface area contributed by atoms with Crippen LogP contribution in [0.1, 0.15) is 0 Å². The van der Waals surface area contributed by atoms with Gasteiger partial charge in [-0.2, -0.15) is 0 Å². The summed E-state index contributed by atoms with van der Waals surface area (Å²) in [7, 11) is 0. The zero-order chi connectivity index (χ0) is 23.2. The summed E-state index contributed by atoms with van der Waals surface area (Å²) in [5, 5.41) is 5.16. The molecule has 7 aromatic rings. The highest BCUT2D eigenvalue weighted by atomic mass is 32.1. The number of nitrogens with zero attached hydrogens (tertiary/aromatic N) is 1. The minimum Gasteiger partial charge on any atom is -0.256 e. The van der Waals surface area contributed by atoms with E-state index in [2.05, 4.69) is 115 Å². The number of aromatic nitrogens is 1. The Morgan fingerprint density at radius 1 is 0.457 bits per heavy atom. The second-order valence-corrected chi connectivity index (χ2v) is 9.93. The maximum absolute atomic E-state index is 4.69. The summed E-state index contributed by atoms with van der Waals surface area (Å²) in [6.45, 7) is 0. The number of hydrogen-bond donors (Lipinski definition) is 0. The van der Waals surface area contributed by atoms with E-state index in [0.717, 1.165) is 11.3 Å². The van der Waals surface area contributed by atoms with Crippen molar-refractivity contribution in [1.29, 1.82) is 0 Å². The van der Waals surface area contributed by atoms with Crippen LogP contribution in [-0.2, 0) is 0 Å². The minimum atomic E-state index is 1.000. The van der Waals surface area contributed by atoms with Crippen LogP contribution in [0.5, 0.6) is 0 Å². The average molecular weight is 464 g/mol. The topological polar surface area (TPSA) is 12.9 Å². The third-order valence-corrected chi connectivity index (χ3v) is 7.87. The van der Waals surface area contributed by atoms with Gasteiger partial charge in [0.25, 0.3) is 0 Å². The van der Waals surface area contributed by atoms with Crippen molar-refractivity contribution in [3.63, 3.8) is 0 Å². The van der Waals surface area contributed by atoms with Gasteiger partial charge < -0.3 is 0 Å². The zero-order valence-corrected chi connectivity index (χ0v) is 19.8. The Labute approximate surface area is 208 Å². The van der Waals surface area contributed by atoms with Crippen LogP contribution in [0.2, 0.25) is 0 Å². The lowest BCUT2D eigenvalue weighted by molar-refractivity contribution is 1.33. The Hall–Kier alpha value is -4.27. The molecule has 0 aliphatic rings. The van der Waals surface area contributed by atoms with Crippen LogP contribution in [0.4, 0.5) is 0 Å². The van der Waals surface area contributed by atoms with E-state index in [4.69, 9.17) is 4.98 Å². The van der Waals surface area contributed by atoms with Crippen LogP contribution in [0.15, 0.2) is 128 Å². The van der Waals surface area contributed by atoms with Crippen molar-refractivity contribution in [3.8, 4) is 33.5 Å². The Morgan fingerprint density at radius 3 is 2.23 bits per heavy atom. The molecule has 0 atom stereocenters. The van der Waals surface area contributed by atoms with Crippen molar-refractivity contribution in [3.05, 3.63) is 128 Å². The lowest BCUT2D eigenvalue weighted by Crippen LogP contribution is -1.85. The molecule has 0 saturated carbocycles. The van der Waals surface area contributed by atoms with Crippen LogP contribution < -0.4 is 0 Å². The molecular weight excluding hydrogens is 442 g/mol. The fraction of sp³-hybridized carbons (Fsp3) is 0. The second kappa shape index (κ2) is 8.19. The van der Waals surface area contributed by atoms with Gasteiger partial charge in [-0.15, -0.1) is 11.3 Å². The third-order valence-electron chi connectivity index (χ3n) is 6.73. The molecule has 0 bridgehead atoms. The molecule has 0 amide bonds. The van der Waals surface area contributed by atoms with Crippen molar-refractivity contribution in [2.45, 2.75) is 0 Å². The van der Waals surface area contributed by atoms with Crippen molar-refractivity contribution in [1.82, 2.24) is 4.98 Å². The quantitative estimate of drug-likeness (QED) is 0.254. The highest BCUT2D eigenvalue weighted by Gasteiger charge is 2.11. The predicted molar refractivity (Wildman–Crippen MR) is 151 cm³/mol. The van der Waals surface area contributed by atoms with E-state index < -0.39 is 0 Å². The molecule has 7 rings (SSSR count). The van der Waals surface area contributed by atoms with Crippen LogP contribution in [0.25, 0.3) is 64.5 Å². The highest BCUT2D eigenvalue weighted by molar-refractivity contribution is 7.25. The van der Waals surface area contributed by atoms with E-state index in [1.807, 2.05) is 23.6 Å². The van der Waals surface area contributed by atoms with E-state index in [9.17, 15) is 0 Å². The molecule has 0 fully saturated rings. The molecule has 2 heterocycles. The summed E-state index contributed by atoms with van der Waals surface area (Å²) in [6, 6.07) is 43.5. The molecule has 0 aliphatic carbocycles. The number of pyridine rings is 1. The summed E-state index contributed by atoms with van der Waals surface area (Å²) >= 11 is 1.86. The van der Waals surface area contributed by atoms with Crippen LogP contribution in [-0.4, -0.2) is 4.98 Å². The summed E-state index contributed by atoms with van der Waals surface area (Å²) in [6.07, 6.45) is 1.91. The van der Waals surface area contributed by atoms with Crippen molar-refractivity contribution < 1.29 is 0 Å². The Bertz CT molecular complexity index is 1840. The molecule has 0 aliphatic heterocycles. The maximum atomic E-state index is 4.69. The van der Waals surface area contributed by atoms with Crippen LogP contribution in [0, 0.1) is 0 Å². The fourth-order valence-electron chi connectivity index (χ4n) is 4.98. The number of hydrogen-bond acceptors (Lipinski definition) is 2. The van der Waals surface area contributed by atoms with Crippen molar-refractivity contribution >= 4 is 42.3 Å². The normalized spacial score (nSPS) is 11.4. The van der Waals surface area contributed by atoms with Gasteiger partial charge >= 0.3 is 0 Å². The molecule has 0 spiro atoms. The van der Waals surface area contributed by atoms with Gasteiger partial charge in [0.15, 0.2) is 0 Å². The Morgan fingerprint density at radius 2 is 1.29 bits per heavy atom. The van der Waals surface area contributed by atoms with Gasteiger partial charge in [0.2, 0.25) is 0 Å². The molecular formula is C33H21NS. The fourth-order valence-corrected chi connectivity index (χ4v) is 6.11. The van der Waals surface area contributed by atoms with Crippen LogP contribution >= 0.6 is 11.3 Å². The first-order valence-electron chi connectivity index (χ1n) is 11.8. The van der Waals surface area contributed by atoms with E-state index in [0.29, 0.717) is 0 Å². The highest BCUT2D eigenvalue weighted by Crippen LogP contribution is 2.39. The number of fused-ring (bicyclic) bond motifs is 4. The Kier molecular flexibility index (Phi) is 4.71. The molecule has 2 heteroatoms. The molecule has 0 unspecified atom stereocenters. The summed E-state index contributed by atoms with van der Waals surface area (Å²) in [5.74, 6) is 0. The smallest absolute Gasteiger partial charge is 0.0708 e. The van der Waals surface area contributed by atoms with Crippen molar-refractivity contribution in [2.24, 2.45) is 0 Å². The van der Waals surface area contributed by atoms with Gasteiger partial charge in [0.05, 0.1) is 5.69 Å². The molecule has 0 radical (unpaired) electrons. The van der Waals surface area contributed by atoms with E-state index >= 15 is 0 Å². The molecule has 1 nitrogen and oxygen atoms in total. The lowest BCUT2D eigenvalue weighted by Gasteiger charge is -2.07. The molecule has 0 saturated heterocycles. The van der Waals surface area contributed by atoms with E-state index in [1.54, 1.807) is 0 Å². The first-order valence-corrected chi connectivity index (χ1v) is 12.6. The molecule has 2 aromatic heterocycles. The predicted octanol–water partition coefficient (Wildman–Crippen LogP) is 9.60. The SMILES string of the molecule is c1ccc(-c2ccnc(-c3ccc4sc5cc(-c6cccc7ccccc67)ccc5c4c3)c2)cc1. The monoisotopic (exact) mass is 463 g/mol. The summed E-state index contributed by atoms with van der Waals surface area (Å²) in [4.78, 5) is 4.69.